The van der Waals surface area contributed by atoms with Crippen LogP contribution in [0.15, 0.2) is 67.1 Å². The molecule has 0 bridgehead atoms. The fraction of sp³-hybridized carbons (Fsp3) is 0. The van der Waals surface area contributed by atoms with E-state index in [9.17, 15) is 0 Å². The van der Waals surface area contributed by atoms with Gasteiger partial charge in [-0.1, -0.05) is 12.1 Å². The Hall–Kier alpha value is -1.30. The topological polar surface area (TPSA) is 228 Å². The van der Waals surface area contributed by atoms with Crippen molar-refractivity contribution in [3.63, 3.8) is 0 Å². The van der Waals surface area contributed by atoms with Crippen LogP contribution in [0.25, 0.3) is 22.6 Å². The molecule has 3 aromatic heterocycles. The van der Waals surface area contributed by atoms with Crippen LogP contribution in [0.1, 0.15) is 0 Å². The van der Waals surface area contributed by atoms with E-state index in [-0.39, 0.29) is 89.6 Å². The minimum Gasteiger partial charge on any atom is -1.00 e. The van der Waals surface area contributed by atoms with E-state index >= 15 is 0 Å². The second kappa shape index (κ2) is 25.7. The van der Waals surface area contributed by atoms with Crippen LogP contribution in [0.3, 0.4) is 0 Å². The van der Waals surface area contributed by atoms with Crippen molar-refractivity contribution in [3.8, 4) is 22.6 Å². The maximum atomic E-state index is 4.42. The first-order valence-electron chi connectivity index (χ1n) is 5.73. The fourth-order valence-electron chi connectivity index (χ4n) is 1.84. The van der Waals surface area contributed by atoms with Gasteiger partial charge in [0.05, 0.1) is 17.1 Å². The zero-order valence-electron chi connectivity index (χ0n) is 14.2. The summed E-state index contributed by atoms with van der Waals surface area (Å²) in [6.07, 6.45) is 5.33. The number of halogens is 3. The summed E-state index contributed by atoms with van der Waals surface area (Å²) in [4.78, 5) is 13.1. The number of pyridine rings is 3. The summed E-state index contributed by atoms with van der Waals surface area (Å²) in [5.74, 6) is 0. The molecule has 0 aliphatic rings. The van der Waals surface area contributed by atoms with Gasteiger partial charge in [0.2, 0.25) is 0 Å². The summed E-state index contributed by atoms with van der Waals surface area (Å²) in [7, 11) is 0. The number of rotatable bonds is 2. The van der Waals surface area contributed by atoms with Gasteiger partial charge < -0.3 is 70.1 Å². The monoisotopic (exact) mass is 548 g/mol. The van der Waals surface area contributed by atoms with E-state index in [1.54, 1.807) is 18.6 Å². The van der Waals surface area contributed by atoms with Gasteiger partial charge in [0, 0.05) is 24.2 Å². The molecule has 0 amide bonds. The quantitative estimate of drug-likeness (QED) is 0.284. The molecule has 9 nitrogen and oxygen atoms in total. The van der Waals surface area contributed by atoms with Gasteiger partial charge in [0.1, 0.15) is 0 Å². The Morgan fingerprint density at radius 3 is 1.32 bits per heavy atom. The van der Waals surface area contributed by atoms with Crippen molar-refractivity contribution in [2.75, 3.05) is 0 Å². The van der Waals surface area contributed by atoms with Gasteiger partial charge in [-0.05, 0) is 36.4 Å². The van der Waals surface area contributed by atoms with E-state index in [1.165, 1.54) is 0 Å². The molecule has 0 saturated heterocycles. The van der Waals surface area contributed by atoms with Crippen molar-refractivity contribution in [1.82, 2.24) is 15.0 Å². The largest absolute Gasteiger partial charge is 3.00 e. The Labute approximate surface area is 193 Å². The second-order valence-corrected chi connectivity index (χ2v) is 3.83. The number of hydrogen-bond acceptors (Lipinski definition) is 3. The van der Waals surface area contributed by atoms with E-state index in [0.29, 0.717) is 0 Å². The Bertz CT molecular complexity index is 617. The summed E-state index contributed by atoms with van der Waals surface area (Å²) in [5.41, 5.74) is 3.62. The molecule has 13 heteroatoms. The van der Waals surface area contributed by atoms with Gasteiger partial charge in [-0.25, -0.2) is 0 Å². The standard InChI is InChI=1S/C15H11N3.3ClH.6H2O.Ru/c1-3-9-16-13(7-1)12-6-5-11-18-15(12)14-8-2-4-10-17-14;;;;;;;;;;/h1-11H;3*1H;6*1H2;/q;;;;;;;;;;+3/p-3. The summed E-state index contributed by atoms with van der Waals surface area (Å²) in [6.45, 7) is 0. The molecular formula is C15H23Cl3N3O6Ru. The molecule has 0 aliphatic carbocycles. The predicted molar refractivity (Wildman–Crippen MR) is 92.4 cm³/mol. The van der Waals surface area contributed by atoms with Crippen LogP contribution in [-0.2, 0) is 19.5 Å². The van der Waals surface area contributed by atoms with Crippen LogP contribution in [0.2, 0.25) is 0 Å². The normalized spacial score (nSPS) is 6.57. The Morgan fingerprint density at radius 2 is 0.893 bits per heavy atom. The van der Waals surface area contributed by atoms with Gasteiger partial charge in [-0.3, -0.25) is 15.0 Å². The third-order valence-electron chi connectivity index (χ3n) is 2.66. The molecule has 12 N–H and O–H groups in total. The van der Waals surface area contributed by atoms with Gasteiger partial charge in [0.15, 0.2) is 0 Å². The second-order valence-electron chi connectivity index (χ2n) is 3.83. The number of aromatic nitrogens is 3. The molecule has 3 rings (SSSR count). The van der Waals surface area contributed by atoms with Crippen LogP contribution in [0, 0.1) is 0 Å². The summed E-state index contributed by atoms with van der Waals surface area (Å²) in [5, 5.41) is 0. The van der Waals surface area contributed by atoms with Crippen LogP contribution < -0.4 is 37.2 Å². The van der Waals surface area contributed by atoms with E-state index in [0.717, 1.165) is 22.6 Å². The first-order chi connectivity index (χ1) is 8.95. The molecule has 0 fully saturated rings. The Morgan fingerprint density at radius 1 is 0.464 bits per heavy atom. The van der Waals surface area contributed by atoms with E-state index in [4.69, 9.17) is 0 Å². The molecule has 3 aromatic rings. The molecule has 0 unspecified atom stereocenters. The number of hydrogen-bond donors (Lipinski definition) is 0. The predicted octanol–water partition coefficient (Wildman–Crippen LogP) is -10.7. The van der Waals surface area contributed by atoms with Crippen molar-refractivity contribution >= 4 is 0 Å². The average Bonchev–Trinajstić information content (AvgIpc) is 2.49. The Kier molecular flexibility index (Phi) is 46.3. The van der Waals surface area contributed by atoms with Crippen molar-refractivity contribution in [1.29, 1.82) is 0 Å². The van der Waals surface area contributed by atoms with Gasteiger partial charge >= 0.3 is 19.5 Å². The molecular weight excluding hydrogens is 526 g/mol. The minimum atomic E-state index is 0. The molecule has 0 aromatic carbocycles. The third-order valence-corrected chi connectivity index (χ3v) is 2.66. The zero-order valence-corrected chi connectivity index (χ0v) is 18.2. The molecule has 1 radical (unpaired) electrons. The maximum Gasteiger partial charge on any atom is 3.00 e. The van der Waals surface area contributed by atoms with Gasteiger partial charge in [0.25, 0.3) is 0 Å². The Balaban J connectivity index is -0.0000000667. The van der Waals surface area contributed by atoms with E-state index < -0.39 is 0 Å². The van der Waals surface area contributed by atoms with Crippen LogP contribution >= 0.6 is 0 Å². The first kappa shape index (κ1) is 50.4. The average molecular weight is 549 g/mol. The zero-order chi connectivity index (χ0) is 12.2. The van der Waals surface area contributed by atoms with Crippen molar-refractivity contribution in [2.45, 2.75) is 0 Å². The molecule has 0 spiro atoms. The van der Waals surface area contributed by atoms with Crippen LogP contribution in [0.4, 0.5) is 0 Å². The molecule has 3 heterocycles. The molecule has 163 valence electrons. The summed E-state index contributed by atoms with van der Waals surface area (Å²) in [6, 6.07) is 15.6. The van der Waals surface area contributed by atoms with Crippen molar-refractivity contribution in [3.05, 3.63) is 67.1 Å². The van der Waals surface area contributed by atoms with Crippen LogP contribution in [0.5, 0.6) is 0 Å². The summed E-state index contributed by atoms with van der Waals surface area (Å²) < 4.78 is 0. The molecule has 28 heavy (non-hydrogen) atoms. The molecule has 0 aliphatic heterocycles. The maximum absolute atomic E-state index is 4.42. The van der Waals surface area contributed by atoms with Crippen molar-refractivity contribution < 1.29 is 89.6 Å². The fourth-order valence-corrected chi connectivity index (χ4v) is 1.84. The van der Waals surface area contributed by atoms with Crippen LogP contribution in [-0.4, -0.2) is 47.8 Å². The minimum absolute atomic E-state index is 0. The van der Waals surface area contributed by atoms with Crippen molar-refractivity contribution in [2.24, 2.45) is 0 Å². The third kappa shape index (κ3) is 12.2. The first-order valence-corrected chi connectivity index (χ1v) is 5.73. The molecule has 0 atom stereocenters. The summed E-state index contributed by atoms with van der Waals surface area (Å²) >= 11 is 0. The van der Waals surface area contributed by atoms with Gasteiger partial charge in [-0.15, -0.1) is 0 Å². The SMILES string of the molecule is O.O.O.O.O.O.[Cl-].[Cl-].[Cl-].[Ru+3].c1ccc(-c2cccnc2-c2ccccn2)nc1. The van der Waals surface area contributed by atoms with Gasteiger partial charge in [-0.2, -0.15) is 0 Å². The van der Waals surface area contributed by atoms with E-state index in [1.807, 2.05) is 48.5 Å². The molecule has 0 saturated carbocycles. The van der Waals surface area contributed by atoms with E-state index in [2.05, 4.69) is 15.0 Å². The smallest absolute Gasteiger partial charge is 1.00 e. The number of nitrogens with zero attached hydrogens (tertiary/aromatic N) is 3.